The molecule has 10 nitrogen and oxygen atoms in total. The Morgan fingerprint density at radius 1 is 1.52 bits per heavy atom. The van der Waals surface area contributed by atoms with Gasteiger partial charge in [-0.25, -0.2) is 9.36 Å². The Balaban J connectivity index is 2.26. The minimum absolute atomic E-state index is 0.0160. The van der Waals surface area contributed by atoms with E-state index in [4.69, 9.17) is 22.0 Å². The van der Waals surface area contributed by atoms with Crippen molar-refractivity contribution in [2.75, 3.05) is 12.3 Å². The van der Waals surface area contributed by atoms with Crippen LogP contribution in [0.15, 0.2) is 9.59 Å². The van der Waals surface area contributed by atoms with E-state index in [2.05, 4.69) is 15.9 Å². The number of aromatic amines is 1. The molecule has 1 aliphatic heterocycles. The number of aromatic nitrogens is 4. The summed E-state index contributed by atoms with van der Waals surface area (Å²) in [5.74, 6) is 2.14. The number of ether oxygens (including phenoxy) is 1. The fourth-order valence-corrected chi connectivity index (χ4v) is 2.73. The maximum atomic E-state index is 12.6. The number of imidazole rings is 1. The van der Waals surface area contributed by atoms with Crippen LogP contribution in [0.3, 0.4) is 0 Å². The molecule has 10 heteroatoms. The van der Waals surface area contributed by atoms with E-state index >= 15 is 0 Å². The molecule has 0 saturated carbocycles. The molecule has 122 valence electrons. The number of aliphatic hydroxyl groups excluding tert-OH is 2. The summed E-state index contributed by atoms with van der Waals surface area (Å²) in [5, 5.41) is 19.0. The third-order valence-corrected chi connectivity index (χ3v) is 3.75. The van der Waals surface area contributed by atoms with Crippen LogP contribution in [0.5, 0.6) is 0 Å². The molecule has 3 rings (SSSR count). The third kappa shape index (κ3) is 2.31. The van der Waals surface area contributed by atoms with E-state index in [1.54, 1.807) is 0 Å². The first-order chi connectivity index (χ1) is 11.0. The predicted molar refractivity (Wildman–Crippen MR) is 79.5 cm³/mol. The van der Waals surface area contributed by atoms with E-state index in [1.165, 1.54) is 0 Å². The number of anilines is 1. The summed E-state index contributed by atoms with van der Waals surface area (Å²) in [7, 11) is 0. The van der Waals surface area contributed by atoms with Crippen LogP contribution in [-0.4, -0.2) is 48.1 Å². The van der Waals surface area contributed by atoms with Crippen molar-refractivity contribution in [2.45, 2.75) is 31.4 Å². The SMILES string of the molecule is C#CCn1c(=O)n(C2C[C@@H](O)C(CO)O2)c2nc(N)[nH]c(=O)c21. The van der Waals surface area contributed by atoms with Crippen LogP contribution in [0.25, 0.3) is 11.2 Å². The zero-order chi connectivity index (χ0) is 16.7. The molecule has 3 heterocycles. The first-order valence-corrected chi connectivity index (χ1v) is 6.86. The van der Waals surface area contributed by atoms with Crippen LogP contribution in [0, 0.1) is 12.3 Å². The van der Waals surface area contributed by atoms with Crippen LogP contribution >= 0.6 is 0 Å². The van der Waals surface area contributed by atoms with Crippen molar-refractivity contribution in [3.8, 4) is 12.3 Å². The van der Waals surface area contributed by atoms with Gasteiger partial charge in [0, 0.05) is 6.42 Å². The van der Waals surface area contributed by atoms with Gasteiger partial charge in [0.05, 0.1) is 19.3 Å². The average Bonchev–Trinajstić information content (AvgIpc) is 2.98. The van der Waals surface area contributed by atoms with Gasteiger partial charge in [0.25, 0.3) is 5.56 Å². The minimum atomic E-state index is -0.942. The Kier molecular flexibility index (Phi) is 3.69. The van der Waals surface area contributed by atoms with Gasteiger partial charge in [-0.05, 0) is 0 Å². The fraction of sp³-hybridized carbons (Fsp3) is 0.462. The summed E-state index contributed by atoms with van der Waals surface area (Å²) in [6.45, 7) is -0.527. The molecule has 5 N–H and O–H groups in total. The second-order valence-corrected chi connectivity index (χ2v) is 5.18. The molecule has 2 aromatic rings. The van der Waals surface area contributed by atoms with Gasteiger partial charge in [-0.2, -0.15) is 4.98 Å². The summed E-state index contributed by atoms with van der Waals surface area (Å²) in [5.41, 5.74) is 4.34. The Morgan fingerprint density at radius 2 is 2.26 bits per heavy atom. The number of nitrogen functional groups attached to an aromatic ring is 1. The molecule has 23 heavy (non-hydrogen) atoms. The summed E-state index contributed by atoms with van der Waals surface area (Å²) in [6, 6.07) is 0. The Bertz CT molecular complexity index is 904. The summed E-state index contributed by atoms with van der Waals surface area (Å²) in [4.78, 5) is 31.0. The van der Waals surface area contributed by atoms with Crippen molar-refractivity contribution in [3.63, 3.8) is 0 Å². The quantitative estimate of drug-likeness (QED) is 0.466. The highest BCUT2D eigenvalue weighted by Gasteiger charge is 2.37. The summed E-state index contributed by atoms with van der Waals surface area (Å²) < 4.78 is 7.68. The van der Waals surface area contributed by atoms with Crippen molar-refractivity contribution in [1.29, 1.82) is 0 Å². The van der Waals surface area contributed by atoms with Gasteiger partial charge in [0.1, 0.15) is 12.3 Å². The molecular formula is C13H15N5O5. The van der Waals surface area contributed by atoms with Gasteiger partial charge in [0.15, 0.2) is 11.2 Å². The van der Waals surface area contributed by atoms with Crippen LogP contribution < -0.4 is 17.0 Å². The van der Waals surface area contributed by atoms with Crippen LogP contribution in [-0.2, 0) is 11.3 Å². The first kappa shape index (κ1) is 15.3. The molecule has 1 saturated heterocycles. The van der Waals surface area contributed by atoms with E-state index in [0.717, 1.165) is 9.13 Å². The molecule has 0 aliphatic carbocycles. The smallest absolute Gasteiger partial charge is 0.333 e. The van der Waals surface area contributed by atoms with Gasteiger partial charge in [-0.1, -0.05) is 5.92 Å². The lowest BCUT2D eigenvalue weighted by atomic mass is 10.2. The standard InChI is InChI=1S/C13H15N5O5/c1-2-3-17-9-10(15-12(14)16-11(9)21)18(13(17)22)8-4-6(20)7(5-19)23-8/h1,6-8,19-20H,3-5H2,(H3,14,15,16,21)/t6-,7?,8?/m1/s1. The predicted octanol–water partition coefficient (Wildman–Crippen LogP) is -2.26. The number of terminal acetylenes is 1. The Morgan fingerprint density at radius 3 is 2.87 bits per heavy atom. The van der Waals surface area contributed by atoms with Gasteiger partial charge >= 0.3 is 5.69 Å². The van der Waals surface area contributed by atoms with Gasteiger partial charge in [-0.15, -0.1) is 6.42 Å². The van der Waals surface area contributed by atoms with Crippen molar-refractivity contribution < 1.29 is 14.9 Å². The van der Waals surface area contributed by atoms with Crippen molar-refractivity contribution in [1.82, 2.24) is 19.1 Å². The van der Waals surface area contributed by atoms with E-state index in [0.29, 0.717) is 0 Å². The second-order valence-electron chi connectivity index (χ2n) is 5.18. The zero-order valence-electron chi connectivity index (χ0n) is 12.0. The van der Waals surface area contributed by atoms with Crippen molar-refractivity contribution >= 4 is 17.1 Å². The second kappa shape index (κ2) is 5.54. The molecule has 1 fully saturated rings. The monoisotopic (exact) mass is 321 g/mol. The van der Waals surface area contributed by atoms with Crippen molar-refractivity contribution in [2.24, 2.45) is 0 Å². The van der Waals surface area contributed by atoms with Crippen LogP contribution in [0.2, 0.25) is 0 Å². The largest absolute Gasteiger partial charge is 0.394 e. The molecule has 0 aromatic carbocycles. The molecule has 3 atom stereocenters. The summed E-state index contributed by atoms with van der Waals surface area (Å²) >= 11 is 0. The number of fused-ring (bicyclic) bond motifs is 1. The number of H-pyrrole nitrogens is 1. The van der Waals surface area contributed by atoms with E-state index in [1.807, 2.05) is 0 Å². The summed E-state index contributed by atoms with van der Waals surface area (Å²) in [6.07, 6.45) is 2.66. The Labute approximate surface area is 129 Å². The van der Waals surface area contributed by atoms with Crippen LogP contribution in [0.4, 0.5) is 5.95 Å². The van der Waals surface area contributed by atoms with Crippen molar-refractivity contribution in [3.05, 3.63) is 20.8 Å². The highest BCUT2D eigenvalue weighted by Crippen LogP contribution is 2.29. The van der Waals surface area contributed by atoms with Crippen LogP contribution in [0.1, 0.15) is 12.6 Å². The maximum absolute atomic E-state index is 12.6. The molecule has 2 aromatic heterocycles. The lowest BCUT2D eigenvalue weighted by molar-refractivity contribution is -0.0443. The lowest BCUT2D eigenvalue weighted by Crippen LogP contribution is -2.28. The topological polar surface area (TPSA) is 148 Å². The average molecular weight is 321 g/mol. The van der Waals surface area contributed by atoms with E-state index < -0.39 is 36.3 Å². The Hall–Kier alpha value is -2.61. The molecule has 0 bridgehead atoms. The number of hydrogen-bond acceptors (Lipinski definition) is 7. The highest BCUT2D eigenvalue weighted by atomic mass is 16.5. The molecule has 2 unspecified atom stereocenters. The highest BCUT2D eigenvalue weighted by molar-refractivity contribution is 5.71. The first-order valence-electron chi connectivity index (χ1n) is 6.86. The van der Waals surface area contributed by atoms with Gasteiger partial charge in [0.2, 0.25) is 5.95 Å². The number of nitrogens with one attached hydrogen (secondary N) is 1. The lowest BCUT2D eigenvalue weighted by Gasteiger charge is -2.12. The molecule has 0 radical (unpaired) electrons. The zero-order valence-corrected chi connectivity index (χ0v) is 12.0. The number of nitrogens with two attached hydrogens (primary N) is 1. The minimum Gasteiger partial charge on any atom is -0.394 e. The normalized spacial score (nSPS) is 24.1. The fourth-order valence-electron chi connectivity index (χ4n) is 2.73. The molecule has 0 amide bonds. The number of hydrogen-bond donors (Lipinski definition) is 4. The number of aliphatic hydroxyl groups is 2. The molecular weight excluding hydrogens is 306 g/mol. The number of nitrogens with zero attached hydrogens (tertiary/aromatic N) is 3. The van der Waals surface area contributed by atoms with E-state index in [-0.39, 0.29) is 30.1 Å². The number of rotatable bonds is 3. The van der Waals surface area contributed by atoms with Gasteiger partial charge in [-0.3, -0.25) is 14.3 Å². The van der Waals surface area contributed by atoms with E-state index in [9.17, 15) is 14.7 Å². The molecule has 0 spiro atoms. The maximum Gasteiger partial charge on any atom is 0.333 e. The van der Waals surface area contributed by atoms with Gasteiger partial charge < -0.3 is 20.7 Å². The molecule has 1 aliphatic rings. The third-order valence-electron chi connectivity index (χ3n) is 3.75.